The molecule has 0 spiro atoms. The zero-order valence-corrected chi connectivity index (χ0v) is 16.2. The normalized spacial score (nSPS) is 11.6. The molecule has 0 bridgehead atoms. The van der Waals surface area contributed by atoms with Gasteiger partial charge in [0, 0.05) is 5.39 Å². The van der Waals surface area contributed by atoms with Crippen LogP contribution in [0.2, 0.25) is 5.02 Å². The maximum absolute atomic E-state index is 13.2. The molecule has 0 saturated heterocycles. The SMILES string of the molecule is O=c1c2ccccc2nc(-c2cc3ccccc3o2)n1N=Cc1ccc(O)c(Cl)c1. The van der Waals surface area contributed by atoms with Crippen LogP contribution >= 0.6 is 11.6 Å². The molecule has 0 aliphatic carbocycles. The van der Waals surface area contributed by atoms with E-state index in [1.165, 1.54) is 17.0 Å². The van der Waals surface area contributed by atoms with E-state index in [0.717, 1.165) is 5.39 Å². The number of nitrogens with zero attached hydrogens (tertiary/aromatic N) is 3. The molecular weight excluding hydrogens is 402 g/mol. The summed E-state index contributed by atoms with van der Waals surface area (Å²) in [7, 11) is 0. The van der Waals surface area contributed by atoms with Gasteiger partial charge in [0.05, 0.1) is 22.1 Å². The van der Waals surface area contributed by atoms with Crippen LogP contribution in [-0.4, -0.2) is 21.0 Å². The summed E-state index contributed by atoms with van der Waals surface area (Å²) >= 11 is 5.97. The minimum absolute atomic E-state index is 0.0266. The van der Waals surface area contributed by atoms with Gasteiger partial charge in [-0.15, -0.1) is 0 Å². The number of phenolic OH excluding ortho intramolecular Hbond substituents is 1. The van der Waals surface area contributed by atoms with Gasteiger partial charge in [0.1, 0.15) is 11.3 Å². The zero-order valence-electron chi connectivity index (χ0n) is 15.5. The van der Waals surface area contributed by atoms with Crippen LogP contribution in [0.3, 0.4) is 0 Å². The molecular formula is C23H14ClN3O3. The Morgan fingerprint density at radius 1 is 1.03 bits per heavy atom. The van der Waals surface area contributed by atoms with Crippen molar-refractivity contribution in [2.45, 2.75) is 0 Å². The van der Waals surface area contributed by atoms with Gasteiger partial charge in [-0.1, -0.05) is 41.9 Å². The highest BCUT2D eigenvalue weighted by atomic mass is 35.5. The largest absolute Gasteiger partial charge is 0.506 e. The minimum Gasteiger partial charge on any atom is -0.506 e. The Morgan fingerprint density at radius 3 is 2.67 bits per heavy atom. The molecule has 0 amide bonds. The number of para-hydroxylation sites is 2. The Hall–Kier alpha value is -3.90. The van der Waals surface area contributed by atoms with Crippen molar-refractivity contribution in [3.8, 4) is 17.3 Å². The minimum atomic E-state index is -0.322. The molecule has 2 heterocycles. The number of fused-ring (bicyclic) bond motifs is 2. The molecule has 1 N–H and O–H groups in total. The fraction of sp³-hybridized carbons (Fsp3) is 0. The average molecular weight is 416 g/mol. The molecule has 0 radical (unpaired) electrons. The molecule has 30 heavy (non-hydrogen) atoms. The zero-order chi connectivity index (χ0) is 20.7. The number of furan rings is 1. The number of halogens is 1. The summed E-state index contributed by atoms with van der Waals surface area (Å²) in [6.45, 7) is 0. The monoisotopic (exact) mass is 415 g/mol. The van der Waals surface area contributed by atoms with Crippen molar-refractivity contribution in [2.24, 2.45) is 5.10 Å². The van der Waals surface area contributed by atoms with Crippen LogP contribution < -0.4 is 5.56 Å². The van der Waals surface area contributed by atoms with Gasteiger partial charge in [-0.3, -0.25) is 4.79 Å². The molecule has 0 unspecified atom stereocenters. The number of phenols is 1. The lowest BCUT2D eigenvalue weighted by molar-refractivity contribution is 0.475. The van der Waals surface area contributed by atoms with Crippen molar-refractivity contribution < 1.29 is 9.52 Å². The first kappa shape index (κ1) is 18.1. The first-order chi connectivity index (χ1) is 14.6. The van der Waals surface area contributed by atoms with Gasteiger partial charge in [0.2, 0.25) is 5.82 Å². The molecule has 0 aliphatic heterocycles. The van der Waals surface area contributed by atoms with E-state index in [4.69, 9.17) is 16.0 Å². The molecule has 0 atom stereocenters. The van der Waals surface area contributed by atoms with Crippen molar-refractivity contribution in [1.29, 1.82) is 0 Å². The summed E-state index contributed by atoms with van der Waals surface area (Å²) in [6.07, 6.45) is 1.48. The number of rotatable bonds is 3. The molecule has 5 rings (SSSR count). The lowest BCUT2D eigenvalue weighted by Gasteiger charge is -2.07. The highest BCUT2D eigenvalue weighted by molar-refractivity contribution is 6.32. The van der Waals surface area contributed by atoms with Crippen LogP contribution in [0.4, 0.5) is 0 Å². The quantitative estimate of drug-likeness (QED) is 0.418. The summed E-state index contributed by atoms with van der Waals surface area (Å²) < 4.78 is 7.14. The van der Waals surface area contributed by atoms with Crippen molar-refractivity contribution in [3.05, 3.63) is 93.7 Å². The highest BCUT2D eigenvalue weighted by Crippen LogP contribution is 2.27. The number of aromatic nitrogens is 2. The number of hydrogen-bond acceptors (Lipinski definition) is 5. The van der Waals surface area contributed by atoms with Gasteiger partial charge >= 0.3 is 0 Å². The van der Waals surface area contributed by atoms with Crippen LogP contribution in [-0.2, 0) is 0 Å². The van der Waals surface area contributed by atoms with Gasteiger partial charge in [-0.2, -0.15) is 9.78 Å². The van der Waals surface area contributed by atoms with E-state index in [9.17, 15) is 9.90 Å². The van der Waals surface area contributed by atoms with Crippen LogP contribution in [0.1, 0.15) is 5.56 Å². The topological polar surface area (TPSA) is 80.6 Å². The third-order valence-corrected chi connectivity index (χ3v) is 5.00. The molecule has 0 aliphatic rings. The molecule has 7 heteroatoms. The van der Waals surface area contributed by atoms with Crippen LogP contribution in [0.5, 0.6) is 5.75 Å². The predicted octanol–water partition coefficient (Wildman–Crippen LogP) is 5.05. The molecule has 2 aromatic heterocycles. The third-order valence-electron chi connectivity index (χ3n) is 4.69. The standard InChI is InChI=1S/C23H14ClN3O3/c24-17-11-14(9-10-19(17)28)13-25-27-22(21-12-15-5-1-4-8-20(15)30-21)26-18-7-3-2-6-16(18)23(27)29/h1-13,28H. The molecule has 5 aromatic rings. The van der Waals surface area contributed by atoms with E-state index < -0.39 is 0 Å². The van der Waals surface area contributed by atoms with Crippen molar-refractivity contribution in [2.75, 3.05) is 0 Å². The lowest BCUT2D eigenvalue weighted by atomic mass is 10.2. The Bertz CT molecular complexity index is 1470. The van der Waals surface area contributed by atoms with Crippen LogP contribution in [0.15, 0.2) is 87.1 Å². The average Bonchev–Trinajstić information content (AvgIpc) is 3.19. The van der Waals surface area contributed by atoms with E-state index in [2.05, 4.69) is 10.1 Å². The van der Waals surface area contributed by atoms with E-state index >= 15 is 0 Å². The maximum atomic E-state index is 13.2. The van der Waals surface area contributed by atoms with Crippen molar-refractivity contribution in [3.63, 3.8) is 0 Å². The number of benzene rings is 3. The van der Waals surface area contributed by atoms with Crippen molar-refractivity contribution in [1.82, 2.24) is 9.66 Å². The molecule has 146 valence electrons. The van der Waals surface area contributed by atoms with Gasteiger partial charge in [0.15, 0.2) is 5.76 Å². The van der Waals surface area contributed by atoms with E-state index in [1.807, 2.05) is 36.4 Å². The maximum Gasteiger partial charge on any atom is 0.282 e. The van der Waals surface area contributed by atoms with Gasteiger partial charge in [-0.25, -0.2) is 4.98 Å². The first-order valence-electron chi connectivity index (χ1n) is 9.14. The second kappa shape index (κ2) is 7.17. The van der Waals surface area contributed by atoms with Gasteiger partial charge in [-0.05, 0) is 48.0 Å². The predicted molar refractivity (Wildman–Crippen MR) is 117 cm³/mol. The molecule has 0 fully saturated rings. The Balaban J connectivity index is 1.73. The fourth-order valence-electron chi connectivity index (χ4n) is 3.21. The van der Waals surface area contributed by atoms with Gasteiger partial charge < -0.3 is 9.52 Å². The van der Waals surface area contributed by atoms with Crippen molar-refractivity contribution >= 4 is 39.7 Å². The lowest BCUT2D eigenvalue weighted by Crippen LogP contribution is -2.20. The highest BCUT2D eigenvalue weighted by Gasteiger charge is 2.16. The Labute approximate surface area is 175 Å². The van der Waals surface area contributed by atoms with E-state index in [0.29, 0.717) is 27.8 Å². The summed E-state index contributed by atoms with van der Waals surface area (Å²) in [5.74, 6) is 0.692. The molecule has 6 nitrogen and oxygen atoms in total. The van der Waals surface area contributed by atoms with E-state index in [1.54, 1.807) is 30.3 Å². The summed E-state index contributed by atoms with van der Waals surface area (Å²) in [4.78, 5) is 17.8. The van der Waals surface area contributed by atoms with Crippen LogP contribution in [0, 0.1) is 0 Å². The summed E-state index contributed by atoms with van der Waals surface area (Å²) in [6, 6.07) is 21.1. The Kier molecular flexibility index (Phi) is 4.34. The first-order valence-corrected chi connectivity index (χ1v) is 9.51. The second-order valence-corrected chi connectivity index (χ2v) is 7.08. The fourth-order valence-corrected chi connectivity index (χ4v) is 3.40. The molecule has 3 aromatic carbocycles. The summed E-state index contributed by atoms with van der Waals surface area (Å²) in [5.41, 5.74) is 1.54. The van der Waals surface area contributed by atoms with E-state index in [-0.39, 0.29) is 22.2 Å². The number of aromatic hydroxyl groups is 1. The van der Waals surface area contributed by atoms with Gasteiger partial charge in [0.25, 0.3) is 5.56 Å². The molecule has 0 saturated carbocycles. The third kappa shape index (κ3) is 3.13. The summed E-state index contributed by atoms with van der Waals surface area (Å²) in [5, 5.41) is 15.5. The smallest absolute Gasteiger partial charge is 0.282 e. The second-order valence-electron chi connectivity index (χ2n) is 6.67. The van der Waals surface area contributed by atoms with Crippen LogP contribution in [0.25, 0.3) is 33.5 Å². The number of hydrogen-bond donors (Lipinski definition) is 1. The Morgan fingerprint density at radius 2 is 1.83 bits per heavy atom.